The van der Waals surface area contributed by atoms with Crippen LogP contribution in [0, 0.1) is 5.41 Å². The topological polar surface area (TPSA) is 64.7 Å². The van der Waals surface area contributed by atoms with Gasteiger partial charge in [-0.2, -0.15) is 0 Å². The number of hydrogen-bond acceptors (Lipinski definition) is 4. The number of aliphatic hydroxyl groups excluding tert-OH is 1. The number of rotatable bonds is 38. The lowest BCUT2D eigenvalue weighted by Crippen LogP contribution is -2.44. The molecule has 4 heteroatoms. The largest absolute Gasteiger partial charge is 0.396 e. The van der Waals surface area contributed by atoms with Crippen molar-refractivity contribution in [3.63, 3.8) is 0 Å². The van der Waals surface area contributed by atoms with Gasteiger partial charge in [0.15, 0.2) is 0 Å². The highest BCUT2D eigenvalue weighted by Gasteiger charge is 2.33. The summed E-state index contributed by atoms with van der Waals surface area (Å²) in [5, 5.41) is 10.2. The third-order valence-electron chi connectivity index (χ3n) is 9.75. The van der Waals surface area contributed by atoms with Crippen molar-refractivity contribution in [2.24, 2.45) is 11.1 Å². The molecular formula is C44H83NO3. The van der Waals surface area contributed by atoms with Gasteiger partial charge < -0.3 is 20.3 Å². The fraction of sp³-hybridized carbons (Fsp3) is 0.818. The van der Waals surface area contributed by atoms with E-state index in [1.54, 1.807) is 0 Å². The number of allylic oxidation sites excluding steroid dienone is 8. The summed E-state index contributed by atoms with van der Waals surface area (Å²) in [5.74, 6) is 0. The van der Waals surface area contributed by atoms with E-state index in [2.05, 4.69) is 62.5 Å². The normalized spacial score (nSPS) is 14.4. The zero-order valence-electron chi connectivity index (χ0n) is 32.5. The first-order valence-corrected chi connectivity index (χ1v) is 20.7. The maximum Gasteiger partial charge on any atom is 0.0503 e. The molecular weight excluding hydrogens is 590 g/mol. The fourth-order valence-corrected chi connectivity index (χ4v) is 6.02. The van der Waals surface area contributed by atoms with Gasteiger partial charge in [-0.15, -0.1) is 0 Å². The van der Waals surface area contributed by atoms with Crippen LogP contribution in [0.4, 0.5) is 0 Å². The molecule has 0 heterocycles. The molecule has 3 N–H and O–H groups in total. The predicted octanol–water partition coefficient (Wildman–Crippen LogP) is 12.8. The second-order valence-corrected chi connectivity index (χ2v) is 14.2. The van der Waals surface area contributed by atoms with E-state index in [9.17, 15) is 5.11 Å². The number of ether oxygens (including phenoxy) is 2. The van der Waals surface area contributed by atoms with Gasteiger partial charge in [0.25, 0.3) is 0 Å². The third-order valence-corrected chi connectivity index (χ3v) is 9.75. The zero-order valence-corrected chi connectivity index (χ0v) is 32.5. The highest BCUT2D eigenvalue weighted by Crippen LogP contribution is 2.30. The molecule has 48 heavy (non-hydrogen) atoms. The lowest BCUT2D eigenvalue weighted by atomic mass is 9.76. The number of unbranched alkanes of at least 4 members (excludes halogenated alkanes) is 18. The molecule has 1 atom stereocenters. The maximum atomic E-state index is 10.2. The molecule has 0 bridgehead atoms. The average molecular weight is 674 g/mol. The van der Waals surface area contributed by atoms with E-state index >= 15 is 0 Å². The van der Waals surface area contributed by atoms with Gasteiger partial charge in [-0.3, -0.25) is 0 Å². The number of nitrogens with two attached hydrogens (primary N) is 1. The van der Waals surface area contributed by atoms with Crippen molar-refractivity contribution in [2.45, 2.75) is 194 Å². The molecule has 0 aromatic carbocycles. The molecule has 0 amide bonds. The minimum absolute atomic E-state index is 0.0848. The Morgan fingerprint density at radius 3 is 1.15 bits per heavy atom. The van der Waals surface area contributed by atoms with Crippen molar-refractivity contribution >= 4 is 0 Å². The van der Waals surface area contributed by atoms with Crippen LogP contribution in [0.5, 0.6) is 0 Å². The Bertz CT molecular complexity index is 687. The van der Waals surface area contributed by atoms with Crippen LogP contribution in [-0.4, -0.2) is 44.2 Å². The highest BCUT2D eigenvalue weighted by atomic mass is 16.5. The zero-order chi connectivity index (χ0) is 35.1. The van der Waals surface area contributed by atoms with E-state index < -0.39 is 0 Å². The van der Waals surface area contributed by atoms with Crippen LogP contribution >= 0.6 is 0 Å². The molecule has 0 aliphatic rings. The summed E-state index contributed by atoms with van der Waals surface area (Å²) in [6.07, 6.45) is 50.4. The molecule has 0 fully saturated rings. The molecule has 1 unspecified atom stereocenters. The molecule has 0 aromatic rings. The second-order valence-electron chi connectivity index (χ2n) is 14.2. The Balaban J connectivity index is 3.69. The average Bonchev–Trinajstić information content (AvgIpc) is 3.09. The minimum Gasteiger partial charge on any atom is -0.396 e. The van der Waals surface area contributed by atoms with Crippen LogP contribution in [0.2, 0.25) is 0 Å². The first kappa shape index (κ1) is 46.8. The Labute approximate surface area is 300 Å². The summed E-state index contributed by atoms with van der Waals surface area (Å²) in [6, 6.07) is -0.0848. The third kappa shape index (κ3) is 32.0. The van der Waals surface area contributed by atoms with Gasteiger partial charge in [0.2, 0.25) is 0 Å². The number of aliphatic hydroxyl groups is 1. The van der Waals surface area contributed by atoms with Gasteiger partial charge in [-0.1, -0.05) is 140 Å². The van der Waals surface area contributed by atoms with Crippen molar-refractivity contribution in [1.29, 1.82) is 0 Å². The highest BCUT2D eigenvalue weighted by molar-refractivity contribution is 4.93. The van der Waals surface area contributed by atoms with Crippen molar-refractivity contribution in [2.75, 3.05) is 33.0 Å². The standard InChI is InChI=1S/C44H83NO3/c1-4-6-8-10-12-14-16-18-20-22-24-26-28-30-32-34-38-47-40-36-44(42-46,43(3)45)37-41-48-39-35-33-31-29-27-25-23-21-19-17-15-13-11-9-7-5-2/h12-15,18-21,43,46H,4-11,16-17,22-42,45H2,1-3H3. The molecule has 0 aromatic heterocycles. The van der Waals surface area contributed by atoms with Crippen LogP contribution in [0.25, 0.3) is 0 Å². The van der Waals surface area contributed by atoms with E-state index in [0.29, 0.717) is 13.2 Å². The Morgan fingerprint density at radius 1 is 0.479 bits per heavy atom. The van der Waals surface area contributed by atoms with Gasteiger partial charge in [-0.25, -0.2) is 0 Å². The van der Waals surface area contributed by atoms with Crippen LogP contribution in [-0.2, 0) is 9.47 Å². The summed E-state index contributed by atoms with van der Waals surface area (Å²) in [7, 11) is 0. The van der Waals surface area contributed by atoms with Crippen LogP contribution < -0.4 is 5.73 Å². The Morgan fingerprint density at radius 2 is 0.812 bits per heavy atom. The Hall–Kier alpha value is -1.20. The molecule has 0 rings (SSSR count). The Kier molecular flexibility index (Phi) is 37.6. The SMILES string of the molecule is CCCCCC=CCC=CCCCCCCCCOCCC(CO)(CCOCCCCCCCCC=CCC=CCCCCC)C(C)N. The molecule has 4 nitrogen and oxygen atoms in total. The van der Waals surface area contributed by atoms with Crippen LogP contribution in [0.1, 0.15) is 188 Å². The van der Waals surface area contributed by atoms with E-state index in [-0.39, 0.29) is 18.1 Å². The predicted molar refractivity (Wildman–Crippen MR) is 213 cm³/mol. The van der Waals surface area contributed by atoms with Crippen molar-refractivity contribution < 1.29 is 14.6 Å². The first-order chi connectivity index (χ1) is 23.6. The summed E-state index contributed by atoms with van der Waals surface area (Å²) < 4.78 is 12.0. The first-order valence-electron chi connectivity index (χ1n) is 20.7. The summed E-state index contributed by atoms with van der Waals surface area (Å²) in [5.41, 5.74) is 6.04. The minimum atomic E-state index is -0.321. The van der Waals surface area contributed by atoms with E-state index in [4.69, 9.17) is 15.2 Å². The van der Waals surface area contributed by atoms with E-state index in [1.807, 2.05) is 6.92 Å². The van der Waals surface area contributed by atoms with Gasteiger partial charge in [-0.05, 0) is 96.8 Å². The monoisotopic (exact) mass is 674 g/mol. The van der Waals surface area contributed by atoms with Gasteiger partial charge in [0, 0.05) is 37.9 Å². The van der Waals surface area contributed by atoms with Gasteiger partial charge in [0.1, 0.15) is 0 Å². The van der Waals surface area contributed by atoms with Crippen LogP contribution in [0.3, 0.4) is 0 Å². The summed E-state index contributed by atoms with van der Waals surface area (Å²) >= 11 is 0. The van der Waals surface area contributed by atoms with Gasteiger partial charge in [0.05, 0.1) is 6.61 Å². The molecule has 0 aliphatic carbocycles. The molecule has 0 aliphatic heterocycles. The summed E-state index contributed by atoms with van der Waals surface area (Å²) in [6.45, 7) is 9.55. The molecule has 0 spiro atoms. The summed E-state index contributed by atoms with van der Waals surface area (Å²) in [4.78, 5) is 0. The lowest BCUT2D eigenvalue weighted by molar-refractivity contribution is 0.0108. The lowest BCUT2D eigenvalue weighted by Gasteiger charge is -2.35. The smallest absolute Gasteiger partial charge is 0.0503 e. The molecule has 0 saturated carbocycles. The van der Waals surface area contributed by atoms with Crippen molar-refractivity contribution in [3.05, 3.63) is 48.6 Å². The maximum absolute atomic E-state index is 10.2. The van der Waals surface area contributed by atoms with Crippen molar-refractivity contribution in [1.82, 2.24) is 0 Å². The molecule has 0 saturated heterocycles. The van der Waals surface area contributed by atoms with Crippen molar-refractivity contribution in [3.8, 4) is 0 Å². The molecule has 0 radical (unpaired) electrons. The van der Waals surface area contributed by atoms with E-state index in [1.165, 1.54) is 128 Å². The molecule has 282 valence electrons. The van der Waals surface area contributed by atoms with E-state index in [0.717, 1.165) is 51.7 Å². The fourth-order valence-electron chi connectivity index (χ4n) is 6.02. The number of hydrogen-bond donors (Lipinski definition) is 2. The van der Waals surface area contributed by atoms with Crippen LogP contribution in [0.15, 0.2) is 48.6 Å². The second kappa shape index (κ2) is 38.6. The quantitative estimate of drug-likeness (QED) is 0.0506. The van der Waals surface area contributed by atoms with Gasteiger partial charge >= 0.3 is 0 Å².